The minimum absolute atomic E-state index is 0.0447. The van der Waals surface area contributed by atoms with Crippen molar-refractivity contribution in [2.75, 3.05) is 6.61 Å². The lowest BCUT2D eigenvalue weighted by molar-refractivity contribution is -0.155. The third kappa shape index (κ3) is 20.8. The van der Waals surface area contributed by atoms with Gasteiger partial charge in [-0.05, 0) is 26.2 Å². The minimum Gasteiger partial charge on any atom is -0.465 e. The predicted molar refractivity (Wildman–Crippen MR) is 152 cm³/mol. The van der Waals surface area contributed by atoms with Gasteiger partial charge in [0.05, 0.1) is 12.0 Å². The molecule has 0 saturated heterocycles. The van der Waals surface area contributed by atoms with Gasteiger partial charge in [-0.3, -0.25) is 4.79 Å². The molecule has 0 heterocycles. The summed E-state index contributed by atoms with van der Waals surface area (Å²) in [5, 5.41) is 0. The third-order valence-electron chi connectivity index (χ3n) is 7.84. The van der Waals surface area contributed by atoms with Gasteiger partial charge < -0.3 is 4.74 Å². The van der Waals surface area contributed by atoms with Crippen molar-refractivity contribution >= 4 is 5.97 Å². The minimum atomic E-state index is -0.280. The molecule has 2 heteroatoms. The molecule has 1 unspecified atom stereocenters. The first-order valence-electron chi connectivity index (χ1n) is 15.8. The van der Waals surface area contributed by atoms with E-state index in [1.165, 1.54) is 135 Å². The van der Waals surface area contributed by atoms with Crippen LogP contribution in [-0.4, -0.2) is 12.6 Å². The Bertz CT molecular complexity index is 419. The zero-order valence-corrected chi connectivity index (χ0v) is 24.2. The average molecular weight is 481 g/mol. The van der Waals surface area contributed by atoms with Crippen molar-refractivity contribution in [1.29, 1.82) is 0 Å². The summed E-state index contributed by atoms with van der Waals surface area (Å²) in [6.45, 7) is 9.42. The summed E-state index contributed by atoms with van der Waals surface area (Å²) in [6, 6.07) is 0. The van der Waals surface area contributed by atoms with E-state index in [0.717, 1.165) is 25.7 Å². The number of esters is 1. The fourth-order valence-corrected chi connectivity index (χ4v) is 4.88. The molecule has 0 aliphatic heterocycles. The Morgan fingerprint density at radius 1 is 0.500 bits per heavy atom. The maximum Gasteiger partial charge on any atom is 0.311 e. The average Bonchev–Trinajstić information content (AvgIpc) is 2.85. The van der Waals surface area contributed by atoms with E-state index in [0.29, 0.717) is 6.61 Å². The van der Waals surface area contributed by atoms with Crippen LogP contribution in [0.25, 0.3) is 0 Å². The van der Waals surface area contributed by atoms with Crippen LogP contribution in [0.2, 0.25) is 0 Å². The van der Waals surface area contributed by atoms with Gasteiger partial charge in [-0.1, -0.05) is 162 Å². The van der Waals surface area contributed by atoms with Gasteiger partial charge in [-0.25, -0.2) is 0 Å². The summed E-state index contributed by atoms with van der Waals surface area (Å²) < 4.78 is 5.70. The lowest BCUT2D eigenvalue weighted by atomic mass is 9.82. The second-order valence-corrected chi connectivity index (χ2v) is 11.2. The van der Waals surface area contributed by atoms with Crippen molar-refractivity contribution in [1.82, 2.24) is 0 Å². The first-order valence-corrected chi connectivity index (χ1v) is 15.8. The van der Waals surface area contributed by atoms with Crippen LogP contribution in [0.5, 0.6) is 0 Å². The third-order valence-corrected chi connectivity index (χ3v) is 7.84. The van der Waals surface area contributed by atoms with Crippen LogP contribution in [0.15, 0.2) is 0 Å². The Morgan fingerprint density at radius 3 is 1.18 bits per heavy atom. The van der Waals surface area contributed by atoms with Crippen molar-refractivity contribution in [2.24, 2.45) is 5.41 Å². The fraction of sp³-hybridized carbons (Fsp3) is 0.969. The molecule has 34 heavy (non-hydrogen) atoms. The zero-order valence-electron chi connectivity index (χ0n) is 24.2. The molecule has 0 aromatic rings. The van der Waals surface area contributed by atoms with Gasteiger partial charge in [-0.2, -0.15) is 0 Å². The van der Waals surface area contributed by atoms with Crippen molar-refractivity contribution in [3.05, 3.63) is 0 Å². The van der Waals surface area contributed by atoms with E-state index < -0.39 is 0 Å². The molecular formula is C32H64O2. The van der Waals surface area contributed by atoms with Crippen LogP contribution in [0.4, 0.5) is 0 Å². The second kappa shape index (κ2) is 25.6. The van der Waals surface area contributed by atoms with Crippen molar-refractivity contribution in [2.45, 2.75) is 188 Å². The number of ether oxygens (including phenoxy) is 1. The fourth-order valence-electron chi connectivity index (χ4n) is 4.88. The predicted octanol–water partition coefficient (Wildman–Crippen LogP) is 11.3. The molecule has 0 radical (unpaired) electrons. The molecular weight excluding hydrogens is 416 g/mol. The van der Waals surface area contributed by atoms with Gasteiger partial charge in [0.2, 0.25) is 0 Å². The van der Waals surface area contributed by atoms with E-state index in [4.69, 9.17) is 4.74 Å². The summed E-state index contributed by atoms with van der Waals surface area (Å²) in [6.07, 6.45) is 32.9. The molecule has 0 spiro atoms. The van der Waals surface area contributed by atoms with Gasteiger partial charge in [0.15, 0.2) is 0 Å². The van der Waals surface area contributed by atoms with Gasteiger partial charge in [0.25, 0.3) is 0 Å². The summed E-state index contributed by atoms with van der Waals surface area (Å²) in [4.78, 5) is 12.7. The highest BCUT2D eigenvalue weighted by atomic mass is 16.5. The molecule has 0 aromatic heterocycles. The highest BCUT2D eigenvalue weighted by Crippen LogP contribution is 2.30. The maximum atomic E-state index is 12.7. The monoisotopic (exact) mass is 480 g/mol. The number of hydrogen-bond donors (Lipinski definition) is 0. The van der Waals surface area contributed by atoms with E-state index in [2.05, 4.69) is 27.7 Å². The maximum absolute atomic E-state index is 12.7. The van der Waals surface area contributed by atoms with Crippen LogP contribution in [0, 0.1) is 5.41 Å². The number of carbonyl (C=O) groups is 1. The summed E-state index contributed by atoms with van der Waals surface area (Å²) in [5.41, 5.74) is -0.280. The summed E-state index contributed by atoms with van der Waals surface area (Å²) >= 11 is 0. The SMILES string of the molecule is CCCCCCCCCCCCCCCCCOC(=O)C(C)(CC)CCCCCCCCCC. The molecule has 0 N–H and O–H groups in total. The topological polar surface area (TPSA) is 26.3 Å². The van der Waals surface area contributed by atoms with E-state index in [-0.39, 0.29) is 11.4 Å². The first kappa shape index (κ1) is 33.5. The molecule has 0 amide bonds. The molecule has 0 fully saturated rings. The van der Waals surface area contributed by atoms with E-state index in [1.54, 1.807) is 0 Å². The largest absolute Gasteiger partial charge is 0.465 e. The molecule has 0 saturated carbocycles. The van der Waals surface area contributed by atoms with Gasteiger partial charge >= 0.3 is 5.97 Å². The smallest absolute Gasteiger partial charge is 0.311 e. The van der Waals surface area contributed by atoms with Crippen LogP contribution >= 0.6 is 0 Å². The summed E-state index contributed by atoms with van der Waals surface area (Å²) in [5.74, 6) is 0.0447. The Balaban J connectivity index is 3.53. The molecule has 0 aliphatic rings. The number of hydrogen-bond acceptors (Lipinski definition) is 2. The Kier molecular flexibility index (Phi) is 25.2. The number of rotatable bonds is 27. The van der Waals surface area contributed by atoms with Gasteiger partial charge in [-0.15, -0.1) is 0 Å². The van der Waals surface area contributed by atoms with Gasteiger partial charge in [0, 0.05) is 0 Å². The Morgan fingerprint density at radius 2 is 0.824 bits per heavy atom. The van der Waals surface area contributed by atoms with Crippen molar-refractivity contribution in [3.63, 3.8) is 0 Å². The van der Waals surface area contributed by atoms with E-state index in [1.807, 2.05) is 0 Å². The Hall–Kier alpha value is -0.530. The molecule has 0 rings (SSSR count). The first-order chi connectivity index (χ1) is 16.6. The lowest BCUT2D eigenvalue weighted by Gasteiger charge is -2.26. The Labute approximate surface area is 215 Å². The van der Waals surface area contributed by atoms with Crippen molar-refractivity contribution < 1.29 is 9.53 Å². The zero-order chi connectivity index (χ0) is 25.2. The summed E-state index contributed by atoms with van der Waals surface area (Å²) in [7, 11) is 0. The van der Waals surface area contributed by atoms with Crippen molar-refractivity contribution in [3.8, 4) is 0 Å². The quantitative estimate of drug-likeness (QED) is 0.0862. The highest BCUT2D eigenvalue weighted by molar-refractivity contribution is 5.76. The van der Waals surface area contributed by atoms with E-state index >= 15 is 0 Å². The van der Waals surface area contributed by atoms with Crippen LogP contribution in [0.3, 0.4) is 0 Å². The lowest BCUT2D eigenvalue weighted by Crippen LogP contribution is -2.29. The van der Waals surface area contributed by atoms with Crippen LogP contribution in [-0.2, 0) is 9.53 Å². The van der Waals surface area contributed by atoms with Crippen LogP contribution in [0.1, 0.15) is 188 Å². The molecule has 204 valence electrons. The van der Waals surface area contributed by atoms with E-state index in [9.17, 15) is 4.79 Å². The molecule has 0 aromatic carbocycles. The molecule has 0 bridgehead atoms. The van der Waals surface area contributed by atoms with Gasteiger partial charge in [0.1, 0.15) is 0 Å². The molecule has 1 atom stereocenters. The second-order valence-electron chi connectivity index (χ2n) is 11.2. The number of unbranched alkanes of at least 4 members (excludes halogenated alkanes) is 21. The normalized spacial score (nSPS) is 13.2. The molecule has 2 nitrogen and oxygen atoms in total. The molecule has 0 aliphatic carbocycles. The highest BCUT2D eigenvalue weighted by Gasteiger charge is 2.32. The standard InChI is InChI=1S/C32H64O2/c1-5-8-10-12-14-16-17-18-19-20-21-22-24-26-28-30-34-31(33)32(4,7-3)29-27-25-23-15-13-11-9-6-2/h5-30H2,1-4H3. The van der Waals surface area contributed by atoms with Crippen LogP contribution < -0.4 is 0 Å². The number of carbonyl (C=O) groups excluding carboxylic acids is 1.